The van der Waals surface area contributed by atoms with E-state index in [0.29, 0.717) is 17.9 Å². The number of fused-ring (bicyclic) bond motifs is 1. The van der Waals surface area contributed by atoms with Crippen LogP contribution < -0.4 is 0 Å². The molecule has 0 saturated carbocycles. The number of hydrogen-bond acceptors (Lipinski definition) is 3. The van der Waals surface area contributed by atoms with Crippen molar-refractivity contribution in [3.8, 4) is 0 Å². The lowest BCUT2D eigenvalue weighted by atomic mass is 9.88. The second-order valence-corrected chi connectivity index (χ2v) is 7.11. The molecule has 2 fully saturated rings. The zero-order valence-corrected chi connectivity index (χ0v) is 16.7. The Morgan fingerprint density at radius 3 is 2.42 bits per heavy atom. The largest absolute Gasteiger partial charge is 0.338 e. The Labute approximate surface area is 167 Å². The normalized spacial score (nSPS) is 24.5. The lowest BCUT2D eigenvalue weighted by Gasteiger charge is -2.28. The number of carbonyl (C=O) groups is 1. The maximum atomic E-state index is 12.8. The van der Waals surface area contributed by atoms with Crippen molar-refractivity contribution in [2.75, 3.05) is 26.7 Å². The summed E-state index contributed by atoms with van der Waals surface area (Å²) in [6.45, 7) is 4.95. The first-order chi connectivity index (χ1) is 11.6. The van der Waals surface area contributed by atoms with Crippen LogP contribution in [0.2, 0.25) is 0 Å². The molecule has 2 saturated heterocycles. The summed E-state index contributed by atoms with van der Waals surface area (Å²) in [6, 6.07) is 12.7. The highest BCUT2D eigenvalue weighted by Gasteiger charge is 2.47. The van der Waals surface area contributed by atoms with Crippen molar-refractivity contribution in [2.45, 2.75) is 13.0 Å². The van der Waals surface area contributed by atoms with E-state index in [2.05, 4.69) is 48.1 Å². The topological polar surface area (TPSA) is 36.4 Å². The van der Waals surface area contributed by atoms with Gasteiger partial charge in [-0.05, 0) is 43.1 Å². The summed E-state index contributed by atoms with van der Waals surface area (Å²) in [5, 5.41) is 0. The summed E-state index contributed by atoms with van der Waals surface area (Å²) in [6.07, 6.45) is 3.38. The van der Waals surface area contributed by atoms with Gasteiger partial charge in [0.05, 0.1) is 0 Å². The number of hydrogen-bond donors (Lipinski definition) is 0. The molecular weight excluding hydrogens is 369 g/mol. The van der Waals surface area contributed by atoms with E-state index in [0.717, 1.165) is 25.2 Å². The third-order valence-corrected chi connectivity index (χ3v) is 5.62. The average molecular weight is 394 g/mol. The predicted octanol–water partition coefficient (Wildman–Crippen LogP) is 3.61. The van der Waals surface area contributed by atoms with Crippen molar-refractivity contribution in [1.82, 2.24) is 14.8 Å². The first-order valence-electron chi connectivity index (χ1n) is 8.60. The molecular formula is C20H25Cl2N3O. The molecule has 0 spiro atoms. The van der Waals surface area contributed by atoms with Crippen LogP contribution in [0, 0.1) is 18.8 Å². The minimum Gasteiger partial charge on any atom is -0.338 e. The Morgan fingerprint density at radius 2 is 1.73 bits per heavy atom. The Morgan fingerprint density at radius 1 is 1.04 bits per heavy atom. The summed E-state index contributed by atoms with van der Waals surface area (Å²) in [5.74, 6) is 1.21. The van der Waals surface area contributed by atoms with Crippen molar-refractivity contribution in [1.29, 1.82) is 0 Å². The number of halogens is 2. The van der Waals surface area contributed by atoms with Crippen LogP contribution in [0.5, 0.6) is 0 Å². The van der Waals surface area contributed by atoms with Crippen LogP contribution in [0.3, 0.4) is 0 Å². The van der Waals surface area contributed by atoms with Gasteiger partial charge in [-0.1, -0.05) is 24.3 Å². The van der Waals surface area contributed by atoms with Gasteiger partial charge in [-0.2, -0.15) is 0 Å². The Kier molecular flexibility index (Phi) is 6.67. The number of aryl methyl sites for hydroxylation is 1. The van der Waals surface area contributed by atoms with Crippen molar-refractivity contribution in [2.24, 2.45) is 11.8 Å². The maximum Gasteiger partial charge on any atom is 0.253 e. The van der Waals surface area contributed by atoms with Gasteiger partial charge in [0.2, 0.25) is 0 Å². The molecule has 0 unspecified atom stereocenters. The number of amides is 1. The van der Waals surface area contributed by atoms with E-state index in [9.17, 15) is 4.79 Å². The molecule has 3 atom stereocenters. The molecule has 26 heavy (non-hydrogen) atoms. The van der Waals surface area contributed by atoms with E-state index in [1.807, 2.05) is 4.90 Å². The highest BCUT2D eigenvalue weighted by Crippen LogP contribution is 2.45. The molecule has 0 aliphatic carbocycles. The lowest BCUT2D eigenvalue weighted by molar-refractivity contribution is 0.0767. The van der Waals surface area contributed by atoms with Crippen LogP contribution >= 0.6 is 24.8 Å². The fraction of sp³-hybridized carbons (Fsp3) is 0.400. The summed E-state index contributed by atoms with van der Waals surface area (Å²) < 4.78 is 0. The maximum absolute atomic E-state index is 12.8. The van der Waals surface area contributed by atoms with Crippen molar-refractivity contribution in [3.05, 3.63) is 65.5 Å². The van der Waals surface area contributed by atoms with E-state index in [1.54, 1.807) is 24.5 Å². The standard InChI is InChI=1S/C20H23N3O.2ClH/c1-14-5-3-4-6-17(14)19-18-13-23(12-16(18)11-22(19)2)20(24)15-7-9-21-10-8-15;;/h3-10,16,18-19H,11-13H2,1-2H3;2*1H/t16-,18+,19-;;/m0../s1. The van der Waals surface area contributed by atoms with Gasteiger partial charge in [-0.3, -0.25) is 14.7 Å². The van der Waals surface area contributed by atoms with Gasteiger partial charge in [0.15, 0.2) is 0 Å². The SMILES string of the molecule is Cc1ccccc1[C@H]1[C@@H]2CN(C(=O)c3ccncc3)C[C@@H]2CN1C.Cl.Cl. The van der Waals surface area contributed by atoms with Crippen molar-refractivity contribution >= 4 is 30.7 Å². The molecule has 3 heterocycles. The smallest absolute Gasteiger partial charge is 0.253 e. The molecule has 2 aliphatic rings. The number of rotatable bonds is 2. The Balaban J connectivity index is 0.00000121. The molecule has 2 aliphatic heterocycles. The van der Waals surface area contributed by atoms with Crippen LogP contribution in [0.4, 0.5) is 0 Å². The minimum absolute atomic E-state index is 0. The van der Waals surface area contributed by atoms with E-state index >= 15 is 0 Å². The van der Waals surface area contributed by atoms with Crippen LogP contribution in [-0.2, 0) is 0 Å². The quantitative estimate of drug-likeness (QED) is 0.781. The fourth-order valence-electron chi connectivity index (χ4n) is 4.49. The molecule has 1 aromatic carbocycles. The third-order valence-electron chi connectivity index (χ3n) is 5.62. The third kappa shape index (κ3) is 3.59. The monoisotopic (exact) mass is 393 g/mol. The zero-order chi connectivity index (χ0) is 16.7. The highest BCUT2D eigenvalue weighted by atomic mass is 35.5. The Bertz CT molecular complexity index is 756. The van der Waals surface area contributed by atoms with Gasteiger partial charge < -0.3 is 4.90 Å². The van der Waals surface area contributed by atoms with Crippen LogP contribution in [-0.4, -0.2) is 47.4 Å². The van der Waals surface area contributed by atoms with E-state index in [1.165, 1.54) is 11.1 Å². The summed E-state index contributed by atoms with van der Waals surface area (Å²) in [5.41, 5.74) is 3.49. The summed E-state index contributed by atoms with van der Waals surface area (Å²) >= 11 is 0. The second kappa shape index (κ2) is 8.38. The van der Waals surface area contributed by atoms with E-state index < -0.39 is 0 Å². The lowest BCUT2D eigenvalue weighted by Crippen LogP contribution is -2.33. The van der Waals surface area contributed by atoms with Gasteiger partial charge in [0.1, 0.15) is 0 Å². The fourth-order valence-corrected chi connectivity index (χ4v) is 4.49. The first kappa shape index (κ1) is 20.7. The Hall–Kier alpha value is -1.62. The zero-order valence-electron chi connectivity index (χ0n) is 15.0. The number of pyridine rings is 1. The van der Waals surface area contributed by atoms with Gasteiger partial charge in [-0.15, -0.1) is 24.8 Å². The summed E-state index contributed by atoms with van der Waals surface area (Å²) in [4.78, 5) is 21.3. The molecule has 140 valence electrons. The molecule has 0 N–H and O–H groups in total. The van der Waals surface area contributed by atoms with Crippen LogP contribution in [0.25, 0.3) is 0 Å². The van der Waals surface area contributed by atoms with Gasteiger partial charge >= 0.3 is 0 Å². The van der Waals surface area contributed by atoms with Gasteiger partial charge in [0, 0.05) is 49.6 Å². The van der Waals surface area contributed by atoms with Crippen LogP contribution in [0.15, 0.2) is 48.8 Å². The molecule has 4 nitrogen and oxygen atoms in total. The molecule has 2 aromatic rings. The number of carbonyl (C=O) groups excluding carboxylic acids is 1. The molecule has 0 radical (unpaired) electrons. The molecule has 4 rings (SSSR count). The average Bonchev–Trinajstić information content (AvgIpc) is 3.12. The number of nitrogens with zero attached hydrogens (tertiary/aromatic N) is 3. The highest BCUT2D eigenvalue weighted by molar-refractivity contribution is 5.94. The number of aromatic nitrogens is 1. The first-order valence-corrected chi connectivity index (χ1v) is 8.60. The van der Waals surface area contributed by atoms with E-state index in [-0.39, 0.29) is 30.7 Å². The minimum atomic E-state index is 0. The van der Waals surface area contributed by atoms with Crippen molar-refractivity contribution < 1.29 is 4.79 Å². The van der Waals surface area contributed by atoms with Crippen molar-refractivity contribution in [3.63, 3.8) is 0 Å². The molecule has 6 heteroatoms. The molecule has 1 amide bonds. The van der Waals surface area contributed by atoms with Gasteiger partial charge in [0.25, 0.3) is 5.91 Å². The predicted molar refractivity (Wildman–Crippen MR) is 108 cm³/mol. The molecule has 0 bridgehead atoms. The molecule has 1 aromatic heterocycles. The van der Waals surface area contributed by atoms with Gasteiger partial charge in [-0.25, -0.2) is 0 Å². The van der Waals surface area contributed by atoms with E-state index in [4.69, 9.17) is 0 Å². The van der Waals surface area contributed by atoms with Crippen LogP contribution in [0.1, 0.15) is 27.5 Å². The number of likely N-dealkylation sites (tertiary alicyclic amines) is 2. The summed E-state index contributed by atoms with van der Waals surface area (Å²) in [7, 11) is 2.21. The number of benzene rings is 1. The second-order valence-electron chi connectivity index (χ2n) is 7.11.